The van der Waals surface area contributed by atoms with Crippen LogP contribution in [-0.2, 0) is 14.8 Å². The molecule has 0 atom stereocenters. The number of hydrogen-bond donors (Lipinski definition) is 2. The van der Waals surface area contributed by atoms with Crippen LogP contribution in [0.15, 0.2) is 53.4 Å². The molecule has 0 saturated heterocycles. The van der Waals surface area contributed by atoms with E-state index < -0.39 is 10.0 Å². The van der Waals surface area contributed by atoms with Crippen LogP contribution < -0.4 is 9.46 Å². The van der Waals surface area contributed by atoms with Gasteiger partial charge in [-0.2, -0.15) is 0 Å². The van der Waals surface area contributed by atoms with Crippen molar-refractivity contribution in [3.8, 4) is 5.75 Å². The minimum atomic E-state index is -3.61. The highest BCUT2D eigenvalue weighted by atomic mass is 127. The number of nitrogens with one attached hydrogen (secondary N) is 1. The zero-order valence-corrected chi connectivity index (χ0v) is 15.8. The van der Waals surface area contributed by atoms with E-state index in [9.17, 15) is 8.42 Å². The Hall–Kier alpha value is -1.36. The second-order valence-electron chi connectivity index (χ2n) is 4.77. The molecule has 0 heterocycles. The van der Waals surface area contributed by atoms with Crippen LogP contribution in [0, 0.1) is 3.57 Å². The second-order valence-corrected chi connectivity index (χ2v) is 7.70. The zero-order chi connectivity index (χ0) is 17.4. The molecule has 0 spiro atoms. The molecule has 2 N–H and O–H groups in total. The number of hydrogen-bond acceptors (Lipinski definition) is 5. The van der Waals surface area contributed by atoms with Gasteiger partial charge in [0, 0.05) is 9.26 Å². The van der Waals surface area contributed by atoms with Crippen molar-refractivity contribution in [3.63, 3.8) is 0 Å². The Bertz CT molecular complexity index is 732. The SMILES string of the molecule is O=S(=O)(Nc1ccc(OCCOCCO)cc1)c1ccc(I)cc1. The molecule has 0 radical (unpaired) electrons. The molecular weight excluding hydrogens is 445 g/mol. The lowest BCUT2D eigenvalue weighted by atomic mass is 10.3. The maximum Gasteiger partial charge on any atom is 0.261 e. The van der Waals surface area contributed by atoms with E-state index in [0.29, 0.717) is 24.7 Å². The largest absolute Gasteiger partial charge is 0.491 e. The van der Waals surface area contributed by atoms with Crippen molar-refractivity contribution >= 4 is 38.3 Å². The summed E-state index contributed by atoms with van der Waals surface area (Å²) in [5.41, 5.74) is 0.456. The highest BCUT2D eigenvalue weighted by molar-refractivity contribution is 14.1. The van der Waals surface area contributed by atoms with Crippen LogP contribution in [-0.4, -0.2) is 40.0 Å². The third-order valence-electron chi connectivity index (χ3n) is 2.96. The Labute approximate surface area is 155 Å². The van der Waals surface area contributed by atoms with E-state index in [4.69, 9.17) is 14.6 Å². The molecule has 0 unspecified atom stereocenters. The highest BCUT2D eigenvalue weighted by Gasteiger charge is 2.13. The van der Waals surface area contributed by atoms with Gasteiger partial charge in [-0.25, -0.2) is 8.42 Å². The number of aliphatic hydroxyl groups excluding tert-OH is 1. The van der Waals surface area contributed by atoms with Gasteiger partial charge in [-0.3, -0.25) is 4.72 Å². The van der Waals surface area contributed by atoms with Gasteiger partial charge in [-0.15, -0.1) is 0 Å². The lowest BCUT2D eigenvalue weighted by Gasteiger charge is -2.10. The summed E-state index contributed by atoms with van der Waals surface area (Å²) in [5, 5.41) is 8.58. The minimum Gasteiger partial charge on any atom is -0.491 e. The molecule has 2 rings (SSSR count). The Morgan fingerprint density at radius 1 is 0.958 bits per heavy atom. The molecule has 0 aliphatic heterocycles. The number of ether oxygens (including phenoxy) is 2. The predicted molar refractivity (Wildman–Crippen MR) is 99.8 cm³/mol. The number of benzene rings is 2. The van der Waals surface area contributed by atoms with Gasteiger partial charge in [0.1, 0.15) is 12.4 Å². The lowest BCUT2D eigenvalue weighted by Crippen LogP contribution is -2.13. The van der Waals surface area contributed by atoms with Gasteiger partial charge in [0.05, 0.1) is 24.7 Å². The number of halogens is 1. The molecule has 0 saturated carbocycles. The van der Waals surface area contributed by atoms with Crippen LogP contribution >= 0.6 is 22.6 Å². The Balaban J connectivity index is 1.92. The van der Waals surface area contributed by atoms with Crippen molar-refractivity contribution in [1.82, 2.24) is 0 Å². The third-order valence-corrected chi connectivity index (χ3v) is 5.08. The fourth-order valence-corrected chi connectivity index (χ4v) is 3.25. The van der Waals surface area contributed by atoms with E-state index in [1.54, 1.807) is 48.5 Å². The standard InChI is InChI=1S/C16H18INO5S/c17-13-1-7-16(8-2-13)24(20,21)18-14-3-5-15(6-4-14)23-12-11-22-10-9-19/h1-8,18-19H,9-12H2. The van der Waals surface area contributed by atoms with Crippen LogP contribution in [0.3, 0.4) is 0 Å². The molecule has 0 bridgehead atoms. The summed E-state index contributed by atoms with van der Waals surface area (Å²) in [4.78, 5) is 0.212. The molecule has 2 aromatic carbocycles. The molecule has 0 fully saturated rings. The maximum atomic E-state index is 12.3. The molecule has 130 valence electrons. The molecular formula is C16H18INO5S. The van der Waals surface area contributed by atoms with E-state index in [0.717, 1.165) is 3.57 Å². The summed E-state index contributed by atoms with van der Waals surface area (Å²) in [5.74, 6) is 0.611. The van der Waals surface area contributed by atoms with Crippen molar-refractivity contribution in [2.45, 2.75) is 4.90 Å². The van der Waals surface area contributed by atoms with Gasteiger partial charge in [-0.05, 0) is 71.1 Å². The van der Waals surface area contributed by atoms with E-state index in [2.05, 4.69) is 27.3 Å². The van der Waals surface area contributed by atoms with Crippen molar-refractivity contribution in [1.29, 1.82) is 0 Å². The zero-order valence-electron chi connectivity index (χ0n) is 12.8. The molecule has 2 aromatic rings. The topological polar surface area (TPSA) is 84.9 Å². The van der Waals surface area contributed by atoms with Gasteiger partial charge in [-0.1, -0.05) is 0 Å². The van der Waals surface area contributed by atoms with Crippen LogP contribution in [0.5, 0.6) is 5.75 Å². The molecule has 24 heavy (non-hydrogen) atoms. The average Bonchev–Trinajstić information content (AvgIpc) is 2.56. The Kier molecular flexibility index (Phi) is 7.28. The summed E-state index contributed by atoms with van der Waals surface area (Å²) < 4.78 is 38.6. The van der Waals surface area contributed by atoms with Crippen LogP contribution in [0.2, 0.25) is 0 Å². The summed E-state index contributed by atoms with van der Waals surface area (Å²) in [7, 11) is -3.61. The van der Waals surface area contributed by atoms with Gasteiger partial charge in [0.25, 0.3) is 10.0 Å². The van der Waals surface area contributed by atoms with E-state index in [-0.39, 0.29) is 18.1 Å². The first-order valence-corrected chi connectivity index (χ1v) is 9.77. The van der Waals surface area contributed by atoms with Crippen LogP contribution in [0.25, 0.3) is 0 Å². The first kappa shape index (κ1) is 19.0. The number of anilines is 1. The Morgan fingerprint density at radius 2 is 1.62 bits per heavy atom. The summed E-state index contributed by atoms with van der Waals surface area (Å²) in [6.07, 6.45) is 0. The van der Waals surface area contributed by atoms with Gasteiger partial charge < -0.3 is 14.6 Å². The second kappa shape index (κ2) is 9.21. The molecule has 6 nitrogen and oxygen atoms in total. The van der Waals surface area contributed by atoms with Crippen LogP contribution in [0.1, 0.15) is 0 Å². The summed E-state index contributed by atoms with van der Waals surface area (Å²) >= 11 is 2.12. The highest BCUT2D eigenvalue weighted by Crippen LogP contribution is 2.20. The summed E-state index contributed by atoms with van der Waals surface area (Å²) in [6, 6.07) is 13.2. The monoisotopic (exact) mass is 463 g/mol. The fraction of sp³-hybridized carbons (Fsp3) is 0.250. The lowest BCUT2D eigenvalue weighted by molar-refractivity contribution is 0.0705. The van der Waals surface area contributed by atoms with Gasteiger partial charge in [0.15, 0.2) is 0 Å². The van der Waals surface area contributed by atoms with Crippen molar-refractivity contribution in [2.24, 2.45) is 0 Å². The smallest absolute Gasteiger partial charge is 0.261 e. The predicted octanol–water partition coefficient (Wildman–Crippen LogP) is 2.48. The first-order valence-electron chi connectivity index (χ1n) is 7.21. The van der Waals surface area contributed by atoms with Crippen LogP contribution in [0.4, 0.5) is 5.69 Å². The quantitative estimate of drug-likeness (QED) is 0.441. The fourth-order valence-electron chi connectivity index (χ4n) is 1.83. The van der Waals surface area contributed by atoms with E-state index in [1.807, 2.05) is 0 Å². The first-order chi connectivity index (χ1) is 11.5. The van der Waals surface area contributed by atoms with Crippen molar-refractivity contribution in [2.75, 3.05) is 31.1 Å². The molecule has 0 amide bonds. The molecule has 0 aromatic heterocycles. The molecule has 0 aliphatic rings. The van der Waals surface area contributed by atoms with Gasteiger partial charge in [0.2, 0.25) is 0 Å². The molecule has 0 aliphatic carbocycles. The maximum absolute atomic E-state index is 12.3. The minimum absolute atomic E-state index is 0.0184. The summed E-state index contributed by atoms with van der Waals surface area (Å²) in [6.45, 7) is 0.994. The number of rotatable bonds is 9. The van der Waals surface area contributed by atoms with E-state index >= 15 is 0 Å². The third kappa shape index (κ3) is 5.93. The van der Waals surface area contributed by atoms with Crippen molar-refractivity contribution in [3.05, 3.63) is 52.1 Å². The number of aliphatic hydroxyl groups is 1. The van der Waals surface area contributed by atoms with Crippen molar-refractivity contribution < 1.29 is 23.0 Å². The Morgan fingerprint density at radius 3 is 2.25 bits per heavy atom. The normalized spacial score (nSPS) is 11.2. The molecule has 8 heteroatoms. The number of sulfonamides is 1. The average molecular weight is 463 g/mol. The van der Waals surface area contributed by atoms with Gasteiger partial charge >= 0.3 is 0 Å². The van der Waals surface area contributed by atoms with E-state index in [1.165, 1.54) is 0 Å².